The largest absolute Gasteiger partial charge is 0.497 e. The van der Waals surface area contributed by atoms with E-state index < -0.39 is 0 Å². The summed E-state index contributed by atoms with van der Waals surface area (Å²) in [6, 6.07) is 17.3. The summed E-state index contributed by atoms with van der Waals surface area (Å²) < 4.78 is 10.8. The Balaban J connectivity index is 1.44. The minimum absolute atomic E-state index is 0.0992. The zero-order valence-electron chi connectivity index (χ0n) is 15.9. The van der Waals surface area contributed by atoms with Gasteiger partial charge in [0.1, 0.15) is 18.1 Å². The number of carbonyl (C=O) groups excluding carboxylic acids is 1. The van der Waals surface area contributed by atoms with Gasteiger partial charge < -0.3 is 14.8 Å². The third kappa shape index (κ3) is 5.80. The van der Waals surface area contributed by atoms with E-state index in [9.17, 15) is 4.79 Å². The van der Waals surface area contributed by atoms with E-state index in [1.54, 1.807) is 7.11 Å². The van der Waals surface area contributed by atoms with Crippen LogP contribution in [0.2, 0.25) is 0 Å². The highest BCUT2D eigenvalue weighted by Gasteiger charge is 2.10. The van der Waals surface area contributed by atoms with Crippen LogP contribution in [0.25, 0.3) is 11.3 Å². The van der Waals surface area contributed by atoms with Crippen molar-refractivity contribution in [2.75, 3.05) is 39.2 Å². The molecule has 1 N–H and O–H groups in total. The monoisotopic (exact) mass is 397 g/mol. The molecular weight excluding hydrogens is 374 g/mol. The Hall–Kier alpha value is -2.90. The van der Waals surface area contributed by atoms with Crippen molar-refractivity contribution in [3.63, 3.8) is 0 Å². The fraction of sp³-hybridized carbons (Fsp3) is 0.238. The molecule has 28 heavy (non-hydrogen) atoms. The number of para-hydroxylation sites is 1. The average Bonchev–Trinajstić information content (AvgIpc) is 3.17. The standard InChI is InChI=1S/C21H23N3O3S/c1-24(12-13-27-18-6-4-3-5-7-18)14-20(25)23-21-22-19(15-28-21)16-8-10-17(26-2)11-9-16/h3-11,15H,12-14H2,1-2H3,(H,22,23,25). The Labute approximate surface area is 168 Å². The average molecular weight is 398 g/mol. The fourth-order valence-electron chi connectivity index (χ4n) is 2.54. The number of nitrogens with zero attached hydrogens (tertiary/aromatic N) is 2. The topological polar surface area (TPSA) is 63.7 Å². The van der Waals surface area contributed by atoms with Gasteiger partial charge in [0, 0.05) is 17.5 Å². The molecule has 0 unspecified atom stereocenters. The summed E-state index contributed by atoms with van der Waals surface area (Å²) >= 11 is 1.41. The summed E-state index contributed by atoms with van der Waals surface area (Å²) in [6.07, 6.45) is 0. The van der Waals surface area contributed by atoms with Crippen molar-refractivity contribution in [1.82, 2.24) is 9.88 Å². The first-order valence-electron chi connectivity index (χ1n) is 8.90. The normalized spacial score (nSPS) is 10.7. The van der Waals surface area contributed by atoms with Crippen molar-refractivity contribution in [2.45, 2.75) is 0 Å². The van der Waals surface area contributed by atoms with Gasteiger partial charge in [-0.15, -0.1) is 11.3 Å². The molecule has 0 spiro atoms. The van der Waals surface area contributed by atoms with Crippen molar-refractivity contribution >= 4 is 22.4 Å². The van der Waals surface area contributed by atoms with Crippen LogP contribution in [0.3, 0.4) is 0 Å². The second-order valence-corrected chi connectivity index (χ2v) is 7.07. The number of rotatable bonds is 9. The lowest BCUT2D eigenvalue weighted by atomic mass is 10.2. The van der Waals surface area contributed by atoms with E-state index in [1.165, 1.54) is 11.3 Å². The van der Waals surface area contributed by atoms with Crippen molar-refractivity contribution in [3.8, 4) is 22.8 Å². The third-order valence-electron chi connectivity index (χ3n) is 4.03. The van der Waals surface area contributed by atoms with Gasteiger partial charge in [-0.3, -0.25) is 9.69 Å². The molecule has 3 aromatic rings. The number of thiazole rings is 1. The highest BCUT2D eigenvalue weighted by atomic mass is 32.1. The number of likely N-dealkylation sites (N-methyl/N-ethyl adjacent to an activating group) is 1. The van der Waals surface area contributed by atoms with E-state index in [2.05, 4.69) is 10.3 Å². The van der Waals surface area contributed by atoms with Crippen LogP contribution in [0.5, 0.6) is 11.5 Å². The van der Waals surface area contributed by atoms with Crippen LogP contribution in [-0.4, -0.2) is 49.6 Å². The maximum Gasteiger partial charge on any atom is 0.240 e. The van der Waals surface area contributed by atoms with Crippen LogP contribution < -0.4 is 14.8 Å². The van der Waals surface area contributed by atoms with E-state index >= 15 is 0 Å². The molecule has 0 atom stereocenters. The van der Waals surface area contributed by atoms with Crippen LogP contribution in [0.1, 0.15) is 0 Å². The van der Waals surface area contributed by atoms with Gasteiger partial charge >= 0.3 is 0 Å². The van der Waals surface area contributed by atoms with E-state index in [1.807, 2.05) is 71.9 Å². The third-order valence-corrected chi connectivity index (χ3v) is 4.79. The first kappa shape index (κ1) is 19.9. The number of aromatic nitrogens is 1. The summed E-state index contributed by atoms with van der Waals surface area (Å²) in [5.41, 5.74) is 1.81. The molecule has 2 aromatic carbocycles. The first-order chi connectivity index (χ1) is 13.6. The van der Waals surface area contributed by atoms with Crippen molar-refractivity contribution < 1.29 is 14.3 Å². The van der Waals surface area contributed by atoms with E-state index in [0.717, 1.165) is 22.8 Å². The lowest BCUT2D eigenvalue weighted by Crippen LogP contribution is -2.33. The Bertz CT molecular complexity index is 881. The van der Waals surface area contributed by atoms with Crippen LogP contribution in [-0.2, 0) is 4.79 Å². The first-order valence-corrected chi connectivity index (χ1v) is 9.78. The fourth-order valence-corrected chi connectivity index (χ4v) is 3.28. The second-order valence-electron chi connectivity index (χ2n) is 6.21. The van der Waals surface area contributed by atoms with E-state index in [4.69, 9.17) is 9.47 Å². The molecule has 0 aliphatic heterocycles. The number of carbonyl (C=O) groups is 1. The summed E-state index contributed by atoms with van der Waals surface area (Å²) in [5.74, 6) is 1.53. The zero-order chi connectivity index (χ0) is 19.8. The lowest BCUT2D eigenvalue weighted by molar-refractivity contribution is -0.117. The van der Waals surface area contributed by atoms with Gasteiger partial charge in [0.25, 0.3) is 0 Å². The molecule has 0 bridgehead atoms. The number of ether oxygens (including phenoxy) is 2. The summed E-state index contributed by atoms with van der Waals surface area (Å²) in [6.45, 7) is 1.44. The molecule has 0 radical (unpaired) electrons. The van der Waals surface area contributed by atoms with Gasteiger partial charge in [0.05, 0.1) is 19.3 Å². The summed E-state index contributed by atoms with van der Waals surface area (Å²) in [5, 5.41) is 5.37. The molecule has 1 aromatic heterocycles. The molecule has 0 fully saturated rings. The zero-order valence-corrected chi connectivity index (χ0v) is 16.7. The van der Waals surface area contributed by atoms with E-state index in [-0.39, 0.29) is 12.5 Å². The second kappa shape index (κ2) is 9.87. The van der Waals surface area contributed by atoms with Crippen LogP contribution in [0.4, 0.5) is 5.13 Å². The Morgan fingerprint density at radius 3 is 2.57 bits per heavy atom. The predicted molar refractivity (Wildman–Crippen MR) is 112 cm³/mol. The van der Waals surface area contributed by atoms with Gasteiger partial charge in [-0.2, -0.15) is 0 Å². The van der Waals surface area contributed by atoms with Crippen molar-refractivity contribution in [2.24, 2.45) is 0 Å². The number of methoxy groups -OCH3 is 1. The number of hydrogen-bond acceptors (Lipinski definition) is 6. The molecule has 0 aliphatic carbocycles. The molecule has 1 amide bonds. The Kier molecular flexibility index (Phi) is 7.00. The maximum absolute atomic E-state index is 12.2. The molecular formula is C21H23N3O3S. The number of benzene rings is 2. The summed E-state index contributed by atoms with van der Waals surface area (Å²) in [4.78, 5) is 18.6. The quantitative estimate of drug-likeness (QED) is 0.596. The van der Waals surface area contributed by atoms with Gasteiger partial charge in [-0.1, -0.05) is 18.2 Å². The highest BCUT2D eigenvalue weighted by Crippen LogP contribution is 2.26. The molecule has 146 valence electrons. The van der Waals surface area contributed by atoms with Gasteiger partial charge in [0.2, 0.25) is 5.91 Å². The molecule has 0 saturated heterocycles. The van der Waals surface area contributed by atoms with Gasteiger partial charge in [0.15, 0.2) is 5.13 Å². The van der Waals surface area contributed by atoms with Gasteiger partial charge in [-0.05, 0) is 43.4 Å². The van der Waals surface area contributed by atoms with Crippen molar-refractivity contribution in [1.29, 1.82) is 0 Å². The number of anilines is 1. The minimum atomic E-state index is -0.0992. The smallest absolute Gasteiger partial charge is 0.240 e. The Morgan fingerprint density at radius 1 is 1.11 bits per heavy atom. The molecule has 6 nitrogen and oxygen atoms in total. The number of nitrogens with one attached hydrogen (secondary N) is 1. The highest BCUT2D eigenvalue weighted by molar-refractivity contribution is 7.14. The molecule has 1 heterocycles. The number of amides is 1. The summed E-state index contributed by atoms with van der Waals surface area (Å²) in [7, 11) is 3.52. The predicted octanol–water partition coefficient (Wildman–Crippen LogP) is 3.77. The van der Waals surface area contributed by atoms with Crippen LogP contribution >= 0.6 is 11.3 Å². The minimum Gasteiger partial charge on any atom is -0.497 e. The van der Waals surface area contributed by atoms with Crippen LogP contribution in [0, 0.1) is 0 Å². The Morgan fingerprint density at radius 2 is 1.86 bits per heavy atom. The lowest BCUT2D eigenvalue weighted by Gasteiger charge is -2.16. The van der Waals surface area contributed by atoms with Gasteiger partial charge in [-0.25, -0.2) is 4.98 Å². The maximum atomic E-state index is 12.2. The SMILES string of the molecule is COc1ccc(-c2csc(NC(=O)CN(C)CCOc3ccccc3)n2)cc1. The number of hydrogen-bond donors (Lipinski definition) is 1. The molecule has 3 rings (SSSR count). The molecule has 7 heteroatoms. The van der Waals surface area contributed by atoms with E-state index in [0.29, 0.717) is 18.3 Å². The molecule has 0 saturated carbocycles. The van der Waals surface area contributed by atoms with Crippen LogP contribution in [0.15, 0.2) is 60.0 Å². The van der Waals surface area contributed by atoms with Crippen molar-refractivity contribution in [3.05, 3.63) is 60.0 Å². The molecule has 0 aliphatic rings.